The molecule has 4 aromatic heterocycles. The maximum Gasteiger partial charge on any atom is 0.240 e. The molecule has 5 rings (SSSR count). The normalized spacial score (nSPS) is 11.3. The van der Waals surface area contributed by atoms with E-state index in [4.69, 9.17) is 19.1 Å². The van der Waals surface area contributed by atoms with Crippen molar-refractivity contribution >= 4 is 22.8 Å². The molecule has 0 saturated carbocycles. The maximum atomic E-state index is 10.3. The molecule has 4 heterocycles. The van der Waals surface area contributed by atoms with Crippen LogP contribution in [0.4, 0.5) is 0 Å². The van der Waals surface area contributed by atoms with Gasteiger partial charge in [-0.1, -0.05) is 35.8 Å². The van der Waals surface area contributed by atoms with E-state index in [0.717, 1.165) is 55.1 Å². The van der Waals surface area contributed by atoms with Gasteiger partial charge in [0.1, 0.15) is 13.2 Å². The molecule has 0 aliphatic carbocycles. The molecule has 0 spiro atoms. The van der Waals surface area contributed by atoms with Crippen LogP contribution >= 0.6 is 0 Å². The third-order valence-corrected chi connectivity index (χ3v) is 5.92. The van der Waals surface area contributed by atoms with Crippen LogP contribution in [-0.2, 0) is 29.2 Å². The van der Waals surface area contributed by atoms with Gasteiger partial charge in [-0.2, -0.15) is 4.52 Å². The molecule has 37 heavy (non-hydrogen) atoms. The van der Waals surface area contributed by atoms with Crippen molar-refractivity contribution in [2.75, 3.05) is 13.7 Å². The van der Waals surface area contributed by atoms with E-state index < -0.39 is 0 Å². The molecule has 0 aliphatic heterocycles. The van der Waals surface area contributed by atoms with Gasteiger partial charge in [0.05, 0.1) is 5.69 Å². The number of benzene rings is 1. The molecule has 5 aromatic rings. The Balaban J connectivity index is 1.32. The Labute approximate surface area is 212 Å². The highest BCUT2D eigenvalue weighted by atomic mass is 16.5. The Morgan fingerprint density at radius 3 is 2.76 bits per heavy atom. The van der Waals surface area contributed by atoms with Crippen LogP contribution in [0.1, 0.15) is 36.3 Å². The average molecular weight is 502 g/mol. The molecule has 1 aromatic carbocycles. The van der Waals surface area contributed by atoms with Crippen molar-refractivity contribution < 1.29 is 18.8 Å². The van der Waals surface area contributed by atoms with Crippen molar-refractivity contribution in [3.63, 3.8) is 0 Å². The first kappa shape index (κ1) is 24.3. The Morgan fingerprint density at radius 2 is 1.95 bits per heavy atom. The highest BCUT2D eigenvalue weighted by Crippen LogP contribution is 2.29. The van der Waals surface area contributed by atoms with Gasteiger partial charge in [0.25, 0.3) is 0 Å². The number of ether oxygens (including phenoxy) is 2. The molecular weight excluding hydrogens is 474 g/mol. The van der Waals surface area contributed by atoms with E-state index in [9.17, 15) is 4.79 Å². The number of aromatic nitrogens is 6. The number of carbonyl (C=O) groups is 1. The third-order valence-electron chi connectivity index (χ3n) is 5.92. The van der Waals surface area contributed by atoms with Crippen LogP contribution in [0.5, 0.6) is 5.88 Å². The first-order valence-corrected chi connectivity index (χ1v) is 12.1. The van der Waals surface area contributed by atoms with Crippen molar-refractivity contribution in [2.24, 2.45) is 0 Å². The number of hydrogen-bond donors (Lipinski definition) is 1. The lowest BCUT2D eigenvalue weighted by Crippen LogP contribution is -2.11. The zero-order valence-electron chi connectivity index (χ0n) is 20.5. The lowest BCUT2D eigenvalue weighted by molar-refractivity contribution is -0.109. The number of amides is 1. The van der Waals surface area contributed by atoms with Gasteiger partial charge in [0.2, 0.25) is 18.1 Å². The summed E-state index contributed by atoms with van der Waals surface area (Å²) in [6.45, 7) is 1.29. The van der Waals surface area contributed by atoms with E-state index in [1.807, 2.05) is 36.5 Å². The SMILES string of the molecule is COCc1cc(-c2nnc3c4ccccc4c(OCc4ccc(CCCCCNC=O)cn4)nn23)no1. The van der Waals surface area contributed by atoms with E-state index in [-0.39, 0.29) is 6.61 Å². The Bertz CT molecular complexity index is 1480. The Kier molecular flexibility index (Phi) is 7.60. The van der Waals surface area contributed by atoms with Gasteiger partial charge in [0, 0.05) is 36.7 Å². The molecule has 0 aliphatic rings. The number of methoxy groups -OCH3 is 1. The topological polar surface area (TPSA) is 130 Å². The van der Waals surface area contributed by atoms with Crippen molar-refractivity contribution in [1.29, 1.82) is 0 Å². The summed E-state index contributed by atoms with van der Waals surface area (Å²) in [6, 6.07) is 13.6. The van der Waals surface area contributed by atoms with Crippen molar-refractivity contribution in [2.45, 2.75) is 38.9 Å². The third kappa shape index (κ3) is 5.56. The van der Waals surface area contributed by atoms with E-state index in [1.54, 1.807) is 17.7 Å². The molecule has 0 saturated heterocycles. The fourth-order valence-electron chi connectivity index (χ4n) is 4.07. The monoisotopic (exact) mass is 501 g/mol. The molecular formula is C26H27N7O4. The molecule has 11 nitrogen and oxygen atoms in total. The Morgan fingerprint density at radius 1 is 1.05 bits per heavy atom. The van der Waals surface area contributed by atoms with Crippen LogP contribution in [0.2, 0.25) is 0 Å². The lowest BCUT2D eigenvalue weighted by Gasteiger charge is -2.10. The van der Waals surface area contributed by atoms with Crippen molar-refractivity contribution in [1.82, 2.24) is 35.3 Å². The van der Waals surface area contributed by atoms with E-state index in [2.05, 4.69) is 31.7 Å². The molecule has 11 heteroatoms. The summed E-state index contributed by atoms with van der Waals surface area (Å²) in [7, 11) is 1.59. The standard InChI is InChI=1S/C26H27N7O4/c1-35-16-20-13-23(32-37-20)25-30-29-24-21-8-4-5-9-22(21)26(31-33(24)25)36-15-19-11-10-18(14-28-19)7-3-2-6-12-27-17-34/h4-5,8-11,13-14,17H,2-3,6-7,12,15-16H2,1H3,(H,27,34). The lowest BCUT2D eigenvalue weighted by atomic mass is 10.1. The van der Waals surface area contributed by atoms with Crippen molar-refractivity contribution in [3.05, 3.63) is 65.7 Å². The zero-order valence-corrected chi connectivity index (χ0v) is 20.5. The largest absolute Gasteiger partial charge is 0.470 e. The minimum Gasteiger partial charge on any atom is -0.470 e. The summed E-state index contributed by atoms with van der Waals surface area (Å²) in [5.74, 6) is 1.47. The molecule has 0 atom stereocenters. The minimum atomic E-state index is 0.263. The first-order valence-electron chi connectivity index (χ1n) is 12.1. The van der Waals surface area contributed by atoms with E-state index >= 15 is 0 Å². The van der Waals surface area contributed by atoms with Gasteiger partial charge in [-0.15, -0.1) is 15.3 Å². The van der Waals surface area contributed by atoms with Gasteiger partial charge in [-0.05, 0) is 37.0 Å². The number of nitrogens with zero attached hydrogens (tertiary/aromatic N) is 6. The second-order valence-electron chi connectivity index (χ2n) is 8.55. The second-order valence-corrected chi connectivity index (χ2v) is 8.55. The summed E-state index contributed by atoms with van der Waals surface area (Å²) in [5.41, 5.74) is 3.07. The predicted molar refractivity (Wildman–Crippen MR) is 135 cm³/mol. The average Bonchev–Trinajstić information content (AvgIpc) is 3.57. The van der Waals surface area contributed by atoms with Crippen LogP contribution in [0.15, 0.2) is 53.2 Å². The van der Waals surface area contributed by atoms with Crippen LogP contribution in [0.3, 0.4) is 0 Å². The van der Waals surface area contributed by atoms with Crippen LogP contribution in [0.25, 0.3) is 27.9 Å². The molecule has 0 unspecified atom stereocenters. The Hall–Kier alpha value is -4.38. The molecule has 1 amide bonds. The number of nitrogens with one attached hydrogen (secondary N) is 1. The summed E-state index contributed by atoms with van der Waals surface area (Å²) in [5, 5.41) is 21.8. The van der Waals surface area contributed by atoms with Gasteiger partial charge >= 0.3 is 0 Å². The van der Waals surface area contributed by atoms with E-state index in [0.29, 0.717) is 35.4 Å². The van der Waals surface area contributed by atoms with Gasteiger partial charge in [-0.25, -0.2) is 0 Å². The number of unbranched alkanes of at least 4 members (excludes halogenated alkanes) is 2. The van der Waals surface area contributed by atoms with Crippen LogP contribution < -0.4 is 10.1 Å². The maximum absolute atomic E-state index is 10.3. The number of rotatable bonds is 13. The number of fused-ring (bicyclic) bond motifs is 3. The zero-order chi connectivity index (χ0) is 25.5. The quantitative estimate of drug-likeness (QED) is 0.190. The number of carbonyl (C=O) groups excluding carboxylic acids is 1. The fraction of sp³-hybridized carbons (Fsp3) is 0.308. The van der Waals surface area contributed by atoms with Gasteiger partial charge in [0.15, 0.2) is 17.1 Å². The van der Waals surface area contributed by atoms with Gasteiger partial charge in [-0.3, -0.25) is 9.78 Å². The number of aryl methyl sites for hydroxylation is 1. The summed E-state index contributed by atoms with van der Waals surface area (Å²) >= 11 is 0. The van der Waals surface area contributed by atoms with Crippen LogP contribution in [0, 0.1) is 0 Å². The molecule has 0 bridgehead atoms. The highest BCUT2D eigenvalue weighted by molar-refractivity contribution is 5.96. The molecule has 0 radical (unpaired) electrons. The predicted octanol–water partition coefficient (Wildman–Crippen LogP) is 3.51. The summed E-state index contributed by atoms with van der Waals surface area (Å²) in [6.07, 6.45) is 6.65. The molecule has 1 N–H and O–H groups in total. The van der Waals surface area contributed by atoms with Crippen LogP contribution in [-0.4, -0.2) is 50.0 Å². The fourth-order valence-corrected chi connectivity index (χ4v) is 4.07. The van der Waals surface area contributed by atoms with E-state index in [1.165, 1.54) is 5.56 Å². The van der Waals surface area contributed by atoms with Gasteiger partial charge < -0.3 is 19.3 Å². The first-order chi connectivity index (χ1) is 18.3. The van der Waals surface area contributed by atoms with Crippen molar-refractivity contribution in [3.8, 4) is 17.4 Å². The summed E-state index contributed by atoms with van der Waals surface area (Å²) in [4.78, 5) is 14.9. The highest BCUT2D eigenvalue weighted by Gasteiger charge is 2.19. The molecule has 0 fully saturated rings. The smallest absolute Gasteiger partial charge is 0.240 e. The number of pyridine rings is 1. The molecule has 190 valence electrons. The summed E-state index contributed by atoms with van der Waals surface area (Å²) < 4.78 is 18.2. The second kappa shape index (κ2) is 11.6. The number of hydrogen-bond acceptors (Lipinski definition) is 9. The minimum absolute atomic E-state index is 0.263.